The second-order valence-corrected chi connectivity index (χ2v) is 5.27. The van der Waals surface area contributed by atoms with Crippen LogP contribution < -0.4 is 0 Å². The van der Waals surface area contributed by atoms with E-state index < -0.39 is 12.1 Å². The van der Waals surface area contributed by atoms with Gasteiger partial charge in [0.2, 0.25) is 0 Å². The molecule has 1 N–H and O–H groups in total. The van der Waals surface area contributed by atoms with Crippen LogP contribution >= 0.6 is 11.6 Å². The van der Waals surface area contributed by atoms with E-state index in [1.807, 2.05) is 32.9 Å². The van der Waals surface area contributed by atoms with Gasteiger partial charge in [0.15, 0.2) is 6.10 Å². The van der Waals surface area contributed by atoms with E-state index in [4.69, 9.17) is 21.4 Å². The molecule has 0 aliphatic heterocycles. The zero-order valence-corrected chi connectivity index (χ0v) is 11.7. The summed E-state index contributed by atoms with van der Waals surface area (Å²) in [5.74, 6) is -0.608. The van der Waals surface area contributed by atoms with Gasteiger partial charge in [0.25, 0.3) is 0 Å². The smallest absolute Gasteiger partial charge is 0.333 e. The zero-order valence-electron chi connectivity index (χ0n) is 10.9. The van der Waals surface area contributed by atoms with E-state index in [-0.39, 0.29) is 0 Å². The number of ether oxygens (including phenoxy) is 1. The van der Waals surface area contributed by atoms with Crippen molar-refractivity contribution in [1.82, 2.24) is 0 Å². The Morgan fingerprint density at radius 2 is 2.11 bits per heavy atom. The molecule has 18 heavy (non-hydrogen) atoms. The predicted octanol–water partition coefficient (Wildman–Crippen LogP) is 3.32. The molecule has 0 saturated carbocycles. The van der Waals surface area contributed by atoms with Crippen LogP contribution in [0.25, 0.3) is 0 Å². The highest BCUT2D eigenvalue weighted by Gasteiger charge is 2.20. The molecule has 0 amide bonds. The first-order valence-electron chi connectivity index (χ1n) is 5.99. The molecule has 4 heteroatoms. The monoisotopic (exact) mass is 270 g/mol. The average molecular weight is 271 g/mol. The lowest BCUT2D eigenvalue weighted by atomic mass is 10.0. The van der Waals surface area contributed by atoms with Crippen LogP contribution in [0.1, 0.15) is 25.0 Å². The number of rotatable bonds is 6. The van der Waals surface area contributed by atoms with Gasteiger partial charge in [-0.3, -0.25) is 0 Å². The molecule has 0 spiro atoms. The summed E-state index contributed by atoms with van der Waals surface area (Å²) >= 11 is 5.87. The highest BCUT2D eigenvalue weighted by molar-refractivity contribution is 6.30. The number of benzene rings is 1. The molecule has 0 saturated heterocycles. The van der Waals surface area contributed by atoms with E-state index in [0.29, 0.717) is 24.0 Å². The maximum Gasteiger partial charge on any atom is 0.333 e. The molecule has 1 aromatic carbocycles. The summed E-state index contributed by atoms with van der Waals surface area (Å²) in [7, 11) is 0. The first-order chi connectivity index (χ1) is 8.40. The van der Waals surface area contributed by atoms with E-state index in [0.717, 1.165) is 11.1 Å². The summed E-state index contributed by atoms with van der Waals surface area (Å²) in [4.78, 5) is 11.1. The third-order valence-corrected chi connectivity index (χ3v) is 2.85. The number of carbonyl (C=O) groups is 1. The minimum Gasteiger partial charge on any atom is -0.479 e. The molecule has 0 heterocycles. The average Bonchev–Trinajstić information content (AvgIpc) is 2.26. The van der Waals surface area contributed by atoms with Gasteiger partial charge in [-0.1, -0.05) is 31.5 Å². The first-order valence-corrected chi connectivity index (χ1v) is 6.37. The third-order valence-electron chi connectivity index (χ3n) is 2.62. The highest BCUT2D eigenvalue weighted by atomic mass is 35.5. The van der Waals surface area contributed by atoms with E-state index in [2.05, 4.69) is 0 Å². The van der Waals surface area contributed by atoms with Crippen molar-refractivity contribution in [3.63, 3.8) is 0 Å². The molecule has 0 unspecified atom stereocenters. The van der Waals surface area contributed by atoms with Crippen molar-refractivity contribution in [2.45, 2.75) is 33.3 Å². The van der Waals surface area contributed by atoms with Crippen molar-refractivity contribution in [2.24, 2.45) is 5.92 Å². The molecule has 0 aliphatic rings. The van der Waals surface area contributed by atoms with Crippen LogP contribution in [0.2, 0.25) is 5.02 Å². The summed E-state index contributed by atoms with van der Waals surface area (Å²) in [6.45, 7) is 6.35. The molecule has 0 radical (unpaired) electrons. The van der Waals surface area contributed by atoms with Gasteiger partial charge in [0.1, 0.15) is 0 Å². The second kappa shape index (κ2) is 6.76. The van der Waals surface area contributed by atoms with Crippen LogP contribution in [-0.2, 0) is 16.0 Å². The highest BCUT2D eigenvalue weighted by Crippen LogP contribution is 2.17. The van der Waals surface area contributed by atoms with Gasteiger partial charge < -0.3 is 9.84 Å². The molecule has 0 fully saturated rings. The van der Waals surface area contributed by atoms with E-state index in [9.17, 15) is 4.79 Å². The van der Waals surface area contributed by atoms with Gasteiger partial charge in [0.05, 0.1) is 6.61 Å². The molecular weight excluding hydrogens is 252 g/mol. The molecule has 0 aromatic heterocycles. The van der Waals surface area contributed by atoms with Crippen molar-refractivity contribution in [2.75, 3.05) is 6.61 Å². The van der Waals surface area contributed by atoms with E-state index in [1.54, 1.807) is 6.07 Å². The quantitative estimate of drug-likeness (QED) is 0.863. The molecule has 1 rings (SSSR count). The Bertz CT molecular complexity index is 416. The first kappa shape index (κ1) is 15.0. The van der Waals surface area contributed by atoms with Crippen LogP contribution in [0, 0.1) is 12.8 Å². The summed E-state index contributed by atoms with van der Waals surface area (Å²) < 4.78 is 5.42. The molecule has 3 nitrogen and oxygen atoms in total. The molecular formula is C14H19ClO3. The molecule has 0 bridgehead atoms. The van der Waals surface area contributed by atoms with Gasteiger partial charge >= 0.3 is 5.97 Å². The lowest BCUT2D eigenvalue weighted by Crippen LogP contribution is -2.28. The fourth-order valence-electron chi connectivity index (χ4n) is 1.61. The van der Waals surface area contributed by atoms with Crippen LogP contribution in [0.3, 0.4) is 0 Å². The van der Waals surface area contributed by atoms with Crippen molar-refractivity contribution in [3.05, 3.63) is 34.3 Å². The lowest BCUT2D eigenvalue weighted by molar-refractivity contribution is -0.150. The van der Waals surface area contributed by atoms with Crippen molar-refractivity contribution < 1.29 is 14.6 Å². The summed E-state index contributed by atoms with van der Waals surface area (Å²) in [6, 6.07) is 5.45. The Balaban J connectivity index is 2.73. The second-order valence-electron chi connectivity index (χ2n) is 4.83. The van der Waals surface area contributed by atoms with Crippen LogP contribution in [-0.4, -0.2) is 23.8 Å². The molecule has 0 aliphatic carbocycles. The zero-order chi connectivity index (χ0) is 13.7. The number of halogens is 1. The van der Waals surface area contributed by atoms with Crippen LogP contribution in [0.15, 0.2) is 18.2 Å². The van der Waals surface area contributed by atoms with Crippen LogP contribution in [0.4, 0.5) is 0 Å². The fraction of sp³-hybridized carbons (Fsp3) is 0.500. The number of hydrogen-bond donors (Lipinski definition) is 1. The Kier molecular flexibility index (Phi) is 5.63. The molecule has 1 atom stereocenters. The van der Waals surface area contributed by atoms with Gasteiger partial charge in [-0.15, -0.1) is 0 Å². The van der Waals surface area contributed by atoms with Crippen molar-refractivity contribution in [1.29, 1.82) is 0 Å². The Labute approximate surface area is 113 Å². The van der Waals surface area contributed by atoms with Gasteiger partial charge in [-0.25, -0.2) is 4.79 Å². The van der Waals surface area contributed by atoms with Gasteiger partial charge in [0, 0.05) is 11.4 Å². The Hall–Kier alpha value is -1.06. The summed E-state index contributed by atoms with van der Waals surface area (Å²) in [5.41, 5.74) is 1.94. The summed E-state index contributed by atoms with van der Waals surface area (Å²) in [5, 5.41) is 9.80. The number of aryl methyl sites for hydroxylation is 1. The molecule has 1 aromatic rings. The number of hydrogen-bond acceptors (Lipinski definition) is 2. The minimum atomic E-state index is -0.926. The lowest BCUT2D eigenvalue weighted by Gasteiger charge is -2.16. The maximum absolute atomic E-state index is 11.1. The summed E-state index contributed by atoms with van der Waals surface area (Å²) in [6.07, 6.45) is -0.433. The van der Waals surface area contributed by atoms with Gasteiger partial charge in [-0.2, -0.15) is 0 Å². The van der Waals surface area contributed by atoms with Crippen LogP contribution in [0.5, 0.6) is 0 Å². The largest absolute Gasteiger partial charge is 0.479 e. The van der Waals surface area contributed by atoms with E-state index >= 15 is 0 Å². The standard InChI is InChI=1S/C14H19ClO3/c1-9(2)8-18-13(14(16)17)7-11-4-5-12(15)6-10(11)3/h4-6,9,13H,7-8H2,1-3H3,(H,16,17)/t13-/m1/s1. The number of carboxylic acid groups (broad SMARTS) is 1. The van der Waals surface area contributed by atoms with Crippen molar-refractivity contribution in [3.8, 4) is 0 Å². The van der Waals surface area contributed by atoms with Gasteiger partial charge in [-0.05, 0) is 36.1 Å². The Morgan fingerprint density at radius 3 is 2.61 bits per heavy atom. The maximum atomic E-state index is 11.1. The number of aliphatic carboxylic acids is 1. The minimum absolute atomic E-state index is 0.318. The van der Waals surface area contributed by atoms with Crippen molar-refractivity contribution >= 4 is 17.6 Å². The molecule has 100 valence electrons. The number of carboxylic acids is 1. The topological polar surface area (TPSA) is 46.5 Å². The predicted molar refractivity (Wildman–Crippen MR) is 72.1 cm³/mol. The fourth-order valence-corrected chi connectivity index (χ4v) is 1.84. The normalized spacial score (nSPS) is 12.7. The van der Waals surface area contributed by atoms with E-state index in [1.165, 1.54) is 0 Å². The SMILES string of the molecule is Cc1cc(Cl)ccc1C[C@@H](OCC(C)C)C(=O)O. The third kappa shape index (κ3) is 4.67. The Morgan fingerprint density at radius 1 is 1.44 bits per heavy atom.